The number of rotatable bonds is 5. The van der Waals surface area contributed by atoms with Gasteiger partial charge < -0.3 is 5.32 Å². The number of hydrogen-bond acceptors (Lipinski definition) is 2. The van der Waals surface area contributed by atoms with Gasteiger partial charge in [0.05, 0.1) is 6.04 Å². The Bertz CT molecular complexity index is 702. The topological polar surface area (TPSA) is 32.3 Å². The van der Waals surface area contributed by atoms with Crippen molar-refractivity contribution in [2.24, 2.45) is 0 Å². The number of carbonyl (C=O) groups is 1. The highest BCUT2D eigenvalue weighted by atomic mass is 19.1. The minimum absolute atomic E-state index is 0.0466. The quantitative estimate of drug-likeness (QED) is 0.892. The zero-order chi connectivity index (χ0) is 17.9. The molecule has 0 heterocycles. The van der Waals surface area contributed by atoms with Crippen molar-refractivity contribution in [1.82, 2.24) is 4.90 Å². The molecule has 2 rings (SSSR count). The zero-order valence-corrected chi connectivity index (χ0v) is 15.0. The third kappa shape index (κ3) is 4.42. The van der Waals surface area contributed by atoms with Gasteiger partial charge in [0, 0.05) is 12.2 Å². The molecule has 1 atom stereocenters. The van der Waals surface area contributed by atoms with Gasteiger partial charge >= 0.3 is 0 Å². The predicted molar refractivity (Wildman–Crippen MR) is 96.6 cm³/mol. The fraction of sp³-hybridized carbons (Fsp3) is 0.350. The molecule has 0 spiro atoms. The maximum Gasteiger partial charge on any atom is 0.241 e. The van der Waals surface area contributed by atoms with E-state index in [-0.39, 0.29) is 17.8 Å². The van der Waals surface area contributed by atoms with Crippen LogP contribution in [0, 0.1) is 26.6 Å². The van der Waals surface area contributed by atoms with Gasteiger partial charge in [-0.2, -0.15) is 0 Å². The van der Waals surface area contributed by atoms with Crippen LogP contribution in [0.2, 0.25) is 0 Å². The van der Waals surface area contributed by atoms with Crippen LogP contribution in [-0.2, 0) is 11.3 Å². The van der Waals surface area contributed by atoms with E-state index in [9.17, 15) is 9.18 Å². The summed E-state index contributed by atoms with van der Waals surface area (Å²) in [6.45, 7) is 8.51. The van der Waals surface area contributed by atoms with Crippen LogP contribution in [0.4, 0.5) is 10.1 Å². The molecule has 1 amide bonds. The molecule has 0 unspecified atom stereocenters. The highest BCUT2D eigenvalue weighted by Crippen LogP contribution is 2.22. The largest absolute Gasteiger partial charge is 0.324 e. The lowest BCUT2D eigenvalue weighted by Crippen LogP contribution is -2.39. The molecule has 0 saturated heterocycles. The molecule has 2 aromatic carbocycles. The highest BCUT2D eigenvalue weighted by Gasteiger charge is 2.19. The maximum absolute atomic E-state index is 13.0. The van der Waals surface area contributed by atoms with Crippen LogP contribution in [0.5, 0.6) is 0 Å². The lowest BCUT2D eigenvalue weighted by molar-refractivity contribution is -0.120. The van der Waals surface area contributed by atoms with Crippen molar-refractivity contribution in [2.45, 2.75) is 40.3 Å². The van der Waals surface area contributed by atoms with Crippen LogP contribution < -0.4 is 5.32 Å². The first-order chi connectivity index (χ1) is 11.3. The molecule has 128 valence electrons. The van der Waals surface area contributed by atoms with Gasteiger partial charge in [-0.15, -0.1) is 0 Å². The van der Waals surface area contributed by atoms with E-state index < -0.39 is 0 Å². The van der Waals surface area contributed by atoms with Gasteiger partial charge in [0.25, 0.3) is 0 Å². The molecule has 0 saturated carbocycles. The summed E-state index contributed by atoms with van der Waals surface area (Å²) in [4.78, 5) is 14.5. The van der Waals surface area contributed by atoms with E-state index in [1.807, 2.05) is 39.6 Å². The third-order valence-corrected chi connectivity index (χ3v) is 4.31. The summed E-state index contributed by atoms with van der Waals surface area (Å²) in [5, 5.41) is 3.04. The normalized spacial score (nSPS) is 12.3. The van der Waals surface area contributed by atoms with Crippen molar-refractivity contribution in [3.05, 3.63) is 64.5 Å². The van der Waals surface area contributed by atoms with Crippen molar-refractivity contribution in [2.75, 3.05) is 12.4 Å². The molecular weight excluding hydrogens is 303 g/mol. The van der Waals surface area contributed by atoms with Crippen LogP contribution in [-0.4, -0.2) is 23.9 Å². The smallest absolute Gasteiger partial charge is 0.241 e. The van der Waals surface area contributed by atoms with Crippen LogP contribution in [0.25, 0.3) is 0 Å². The van der Waals surface area contributed by atoms with Crippen molar-refractivity contribution in [1.29, 1.82) is 0 Å². The molecule has 0 aliphatic carbocycles. The first-order valence-electron chi connectivity index (χ1n) is 8.11. The van der Waals surface area contributed by atoms with Crippen molar-refractivity contribution in [3.8, 4) is 0 Å². The lowest BCUT2D eigenvalue weighted by atomic mass is 10.0. The Morgan fingerprint density at radius 1 is 1.12 bits per heavy atom. The molecular formula is C20H25FN2O. The molecule has 0 aliphatic heterocycles. The molecule has 0 aromatic heterocycles. The van der Waals surface area contributed by atoms with E-state index >= 15 is 0 Å². The summed E-state index contributed by atoms with van der Waals surface area (Å²) in [7, 11) is 1.89. The standard InChI is InChI=1S/C20H25FN2O/c1-13-10-14(2)19(15(3)11-13)22-20(24)16(4)23(5)12-17-6-8-18(21)9-7-17/h6-11,16H,12H2,1-5H3,(H,22,24)/t16-/m1/s1. The Hall–Kier alpha value is -2.20. The summed E-state index contributed by atoms with van der Waals surface area (Å²) < 4.78 is 13.0. The molecule has 0 bridgehead atoms. The Labute approximate surface area is 143 Å². The van der Waals surface area contributed by atoms with Crippen molar-refractivity contribution >= 4 is 11.6 Å². The number of amides is 1. The number of benzene rings is 2. The van der Waals surface area contributed by atoms with E-state index in [0.717, 1.165) is 22.4 Å². The molecule has 1 N–H and O–H groups in total. The van der Waals surface area contributed by atoms with Gasteiger partial charge in [0.15, 0.2) is 0 Å². The Morgan fingerprint density at radius 2 is 1.67 bits per heavy atom. The second-order valence-electron chi connectivity index (χ2n) is 6.48. The van der Waals surface area contributed by atoms with E-state index in [0.29, 0.717) is 6.54 Å². The number of anilines is 1. The van der Waals surface area contributed by atoms with Gasteiger partial charge in [-0.3, -0.25) is 9.69 Å². The highest BCUT2D eigenvalue weighted by molar-refractivity contribution is 5.95. The number of hydrogen-bond donors (Lipinski definition) is 1. The predicted octanol–water partition coefficient (Wildman–Crippen LogP) is 4.21. The summed E-state index contributed by atoms with van der Waals surface area (Å²) in [6.07, 6.45) is 0. The Balaban J connectivity index is 2.05. The second-order valence-corrected chi connectivity index (χ2v) is 6.48. The molecule has 4 heteroatoms. The van der Waals surface area contributed by atoms with Gasteiger partial charge in [-0.25, -0.2) is 4.39 Å². The first kappa shape index (κ1) is 18.1. The molecule has 2 aromatic rings. The lowest BCUT2D eigenvalue weighted by Gasteiger charge is -2.25. The van der Waals surface area contributed by atoms with Crippen molar-refractivity contribution in [3.63, 3.8) is 0 Å². The van der Waals surface area contributed by atoms with E-state index in [1.54, 1.807) is 12.1 Å². The summed E-state index contributed by atoms with van der Waals surface area (Å²) in [6, 6.07) is 10.2. The number of likely N-dealkylation sites (N-methyl/N-ethyl adjacent to an activating group) is 1. The summed E-state index contributed by atoms with van der Waals surface area (Å²) >= 11 is 0. The van der Waals surface area contributed by atoms with E-state index in [4.69, 9.17) is 0 Å². The number of aryl methyl sites for hydroxylation is 3. The van der Waals surface area contributed by atoms with E-state index in [1.165, 1.54) is 17.7 Å². The second kappa shape index (κ2) is 7.58. The summed E-state index contributed by atoms with van der Waals surface area (Å²) in [5.74, 6) is -0.299. The fourth-order valence-electron chi connectivity index (χ4n) is 2.82. The van der Waals surface area contributed by atoms with Crippen LogP contribution >= 0.6 is 0 Å². The van der Waals surface area contributed by atoms with Crippen LogP contribution in [0.1, 0.15) is 29.2 Å². The number of halogens is 1. The molecule has 0 radical (unpaired) electrons. The Morgan fingerprint density at radius 3 is 2.21 bits per heavy atom. The first-order valence-corrected chi connectivity index (χ1v) is 8.11. The SMILES string of the molecule is Cc1cc(C)c(NC(=O)[C@@H](C)N(C)Cc2ccc(F)cc2)c(C)c1. The maximum atomic E-state index is 13.0. The number of nitrogens with one attached hydrogen (secondary N) is 1. The van der Waals surface area contributed by atoms with Crippen LogP contribution in [0.15, 0.2) is 36.4 Å². The molecule has 0 aliphatic rings. The van der Waals surface area contributed by atoms with Gasteiger partial charge in [0.1, 0.15) is 5.82 Å². The van der Waals surface area contributed by atoms with Gasteiger partial charge in [0.2, 0.25) is 5.91 Å². The van der Waals surface area contributed by atoms with Gasteiger partial charge in [-0.05, 0) is 63.6 Å². The average Bonchev–Trinajstić information content (AvgIpc) is 2.52. The monoisotopic (exact) mass is 328 g/mol. The minimum atomic E-state index is -0.296. The fourth-order valence-corrected chi connectivity index (χ4v) is 2.82. The third-order valence-electron chi connectivity index (χ3n) is 4.31. The van der Waals surface area contributed by atoms with E-state index in [2.05, 4.69) is 17.4 Å². The van der Waals surface area contributed by atoms with Crippen molar-refractivity contribution < 1.29 is 9.18 Å². The molecule has 0 fully saturated rings. The zero-order valence-electron chi connectivity index (χ0n) is 15.0. The van der Waals surface area contributed by atoms with Gasteiger partial charge in [-0.1, -0.05) is 29.8 Å². The number of carbonyl (C=O) groups excluding carboxylic acids is 1. The molecule has 3 nitrogen and oxygen atoms in total. The van der Waals surface area contributed by atoms with Crippen LogP contribution in [0.3, 0.4) is 0 Å². The minimum Gasteiger partial charge on any atom is -0.324 e. The number of nitrogens with zero attached hydrogens (tertiary/aromatic N) is 1. The molecule has 24 heavy (non-hydrogen) atoms. The Kier molecular flexibility index (Phi) is 5.73. The average molecular weight is 328 g/mol. The summed E-state index contributed by atoms with van der Waals surface area (Å²) in [5.41, 5.74) is 5.17.